The number of thiophene rings is 1. The topological polar surface area (TPSA) is 26.0 Å². The molecule has 1 unspecified atom stereocenters. The molecule has 1 rings (SSSR count). The summed E-state index contributed by atoms with van der Waals surface area (Å²) in [6.45, 7) is 2.02. The van der Waals surface area contributed by atoms with Crippen molar-refractivity contribution in [1.29, 1.82) is 0 Å². The smallest absolute Gasteiger partial charge is 0.0466 e. The Hall–Kier alpha value is -0.150. The van der Waals surface area contributed by atoms with Crippen molar-refractivity contribution in [2.24, 2.45) is 0 Å². The lowest BCUT2D eigenvalue weighted by atomic mass is 10.2. The van der Waals surface area contributed by atoms with E-state index in [1.165, 1.54) is 0 Å². The lowest BCUT2D eigenvalue weighted by molar-refractivity contribution is 1.13. The quantitative estimate of drug-likeness (QED) is 0.604. The van der Waals surface area contributed by atoms with Crippen molar-refractivity contribution >= 4 is 29.7 Å². The second kappa shape index (κ2) is 2.62. The monoisotopic (exact) mass is 159 g/mol. The van der Waals surface area contributed by atoms with Gasteiger partial charge in [-0.2, -0.15) is 12.6 Å². The molecular formula is C6H9NS2. The van der Waals surface area contributed by atoms with E-state index in [0.29, 0.717) is 0 Å². The van der Waals surface area contributed by atoms with Crippen LogP contribution in [-0.4, -0.2) is 0 Å². The fraction of sp³-hybridized carbons (Fsp3) is 0.333. The summed E-state index contributed by atoms with van der Waals surface area (Å²) < 4.78 is 0. The number of thiol groups is 1. The molecule has 1 nitrogen and oxygen atoms in total. The van der Waals surface area contributed by atoms with Gasteiger partial charge < -0.3 is 5.73 Å². The zero-order valence-electron chi connectivity index (χ0n) is 5.16. The van der Waals surface area contributed by atoms with E-state index in [1.807, 2.05) is 17.7 Å². The van der Waals surface area contributed by atoms with E-state index < -0.39 is 0 Å². The highest BCUT2D eigenvalue weighted by Crippen LogP contribution is 2.27. The molecule has 0 aliphatic rings. The SMILES string of the molecule is CC(S)c1cscc1N. The highest BCUT2D eigenvalue weighted by Gasteiger charge is 2.03. The van der Waals surface area contributed by atoms with Crippen molar-refractivity contribution in [3.63, 3.8) is 0 Å². The van der Waals surface area contributed by atoms with E-state index in [9.17, 15) is 0 Å². The molecule has 0 aliphatic carbocycles. The first-order valence-electron chi connectivity index (χ1n) is 2.71. The molecule has 0 saturated heterocycles. The third-order valence-corrected chi connectivity index (χ3v) is 2.23. The Morgan fingerprint density at radius 3 is 2.56 bits per heavy atom. The largest absolute Gasteiger partial charge is 0.398 e. The summed E-state index contributed by atoms with van der Waals surface area (Å²) in [5.41, 5.74) is 7.61. The molecule has 1 heterocycles. The first kappa shape index (κ1) is 6.96. The maximum atomic E-state index is 5.60. The lowest BCUT2D eigenvalue weighted by Crippen LogP contribution is -1.88. The molecule has 3 heteroatoms. The number of rotatable bonds is 1. The van der Waals surface area contributed by atoms with Crippen LogP contribution in [0.3, 0.4) is 0 Å². The van der Waals surface area contributed by atoms with Crippen molar-refractivity contribution in [2.75, 3.05) is 5.73 Å². The Kier molecular flexibility index (Phi) is 2.03. The van der Waals surface area contributed by atoms with Gasteiger partial charge in [0.05, 0.1) is 0 Å². The molecule has 50 valence electrons. The van der Waals surface area contributed by atoms with Gasteiger partial charge in [-0.25, -0.2) is 0 Å². The summed E-state index contributed by atoms with van der Waals surface area (Å²) in [6.07, 6.45) is 0. The molecule has 0 spiro atoms. The molecule has 1 atom stereocenters. The van der Waals surface area contributed by atoms with Gasteiger partial charge in [-0.05, 0) is 17.9 Å². The maximum Gasteiger partial charge on any atom is 0.0466 e. The highest BCUT2D eigenvalue weighted by molar-refractivity contribution is 7.80. The number of nitrogen functional groups attached to an aromatic ring is 1. The summed E-state index contributed by atoms with van der Waals surface area (Å²) in [7, 11) is 0. The Balaban J connectivity index is 2.94. The van der Waals surface area contributed by atoms with Crippen molar-refractivity contribution < 1.29 is 0 Å². The molecule has 0 amide bonds. The zero-order chi connectivity index (χ0) is 6.85. The molecule has 1 aromatic heterocycles. The number of nitrogens with two attached hydrogens (primary N) is 1. The molecule has 0 saturated carbocycles. The summed E-state index contributed by atoms with van der Waals surface area (Å²) in [6, 6.07) is 0. The first-order valence-corrected chi connectivity index (χ1v) is 4.17. The van der Waals surface area contributed by atoms with Gasteiger partial charge in [0.25, 0.3) is 0 Å². The minimum atomic E-state index is 0.260. The first-order chi connectivity index (χ1) is 4.22. The minimum absolute atomic E-state index is 0.260. The van der Waals surface area contributed by atoms with Crippen LogP contribution in [0.15, 0.2) is 10.8 Å². The van der Waals surface area contributed by atoms with Gasteiger partial charge in [0, 0.05) is 16.3 Å². The fourth-order valence-electron chi connectivity index (χ4n) is 0.656. The molecule has 0 aliphatic heterocycles. The zero-order valence-corrected chi connectivity index (χ0v) is 6.88. The van der Waals surface area contributed by atoms with Crippen LogP contribution in [0.25, 0.3) is 0 Å². The van der Waals surface area contributed by atoms with E-state index in [2.05, 4.69) is 12.6 Å². The molecule has 2 N–H and O–H groups in total. The normalized spacial score (nSPS) is 13.6. The number of hydrogen-bond acceptors (Lipinski definition) is 3. The average Bonchev–Trinajstić information content (AvgIpc) is 2.13. The highest BCUT2D eigenvalue weighted by atomic mass is 32.1. The van der Waals surface area contributed by atoms with E-state index in [-0.39, 0.29) is 5.25 Å². The standard InChI is InChI=1S/C6H9NS2/c1-4(8)5-2-9-3-6(5)7/h2-4,8H,7H2,1H3. The fourth-order valence-corrected chi connectivity index (χ4v) is 1.82. The second-order valence-corrected chi connectivity index (χ2v) is 3.48. The minimum Gasteiger partial charge on any atom is -0.398 e. The summed E-state index contributed by atoms with van der Waals surface area (Å²) >= 11 is 5.87. The predicted molar refractivity (Wildman–Crippen MR) is 46.1 cm³/mol. The van der Waals surface area contributed by atoms with Gasteiger partial charge in [-0.1, -0.05) is 0 Å². The Morgan fingerprint density at radius 2 is 2.33 bits per heavy atom. The average molecular weight is 159 g/mol. The van der Waals surface area contributed by atoms with Crippen molar-refractivity contribution in [1.82, 2.24) is 0 Å². The van der Waals surface area contributed by atoms with Gasteiger partial charge in [0.2, 0.25) is 0 Å². The van der Waals surface area contributed by atoms with E-state index in [1.54, 1.807) is 11.3 Å². The van der Waals surface area contributed by atoms with Gasteiger partial charge in [0.1, 0.15) is 0 Å². The van der Waals surface area contributed by atoms with Crippen LogP contribution in [-0.2, 0) is 0 Å². The van der Waals surface area contributed by atoms with Crippen LogP contribution >= 0.6 is 24.0 Å². The molecule has 9 heavy (non-hydrogen) atoms. The second-order valence-electron chi connectivity index (χ2n) is 1.96. The van der Waals surface area contributed by atoms with Crippen LogP contribution in [0.4, 0.5) is 5.69 Å². The van der Waals surface area contributed by atoms with Crippen LogP contribution < -0.4 is 5.73 Å². The van der Waals surface area contributed by atoms with Crippen molar-refractivity contribution in [3.8, 4) is 0 Å². The molecule has 0 fully saturated rings. The van der Waals surface area contributed by atoms with Crippen LogP contribution in [0, 0.1) is 0 Å². The summed E-state index contributed by atoms with van der Waals surface area (Å²) in [5, 5.41) is 4.23. The molecule has 0 aromatic carbocycles. The summed E-state index contributed by atoms with van der Waals surface area (Å²) in [5.74, 6) is 0. The van der Waals surface area contributed by atoms with E-state index >= 15 is 0 Å². The molecule has 0 bridgehead atoms. The molecule has 0 radical (unpaired) electrons. The van der Waals surface area contributed by atoms with Gasteiger partial charge in [0.15, 0.2) is 0 Å². The third-order valence-electron chi connectivity index (χ3n) is 1.17. The molecular weight excluding hydrogens is 150 g/mol. The van der Waals surface area contributed by atoms with Crippen LogP contribution in [0.2, 0.25) is 0 Å². The Morgan fingerprint density at radius 1 is 1.67 bits per heavy atom. The Labute approximate surface area is 64.3 Å². The predicted octanol–water partition coefficient (Wildman–Crippen LogP) is 2.32. The van der Waals surface area contributed by atoms with E-state index in [4.69, 9.17) is 5.73 Å². The van der Waals surface area contributed by atoms with Crippen LogP contribution in [0.1, 0.15) is 17.7 Å². The Bertz CT molecular complexity index is 193. The van der Waals surface area contributed by atoms with Crippen LogP contribution in [0.5, 0.6) is 0 Å². The third kappa shape index (κ3) is 1.40. The van der Waals surface area contributed by atoms with Gasteiger partial charge in [-0.3, -0.25) is 0 Å². The van der Waals surface area contributed by atoms with Crippen molar-refractivity contribution in [3.05, 3.63) is 16.3 Å². The maximum absolute atomic E-state index is 5.60. The van der Waals surface area contributed by atoms with Gasteiger partial charge in [-0.15, -0.1) is 11.3 Å². The lowest BCUT2D eigenvalue weighted by Gasteiger charge is -2.00. The van der Waals surface area contributed by atoms with E-state index in [0.717, 1.165) is 11.3 Å². The van der Waals surface area contributed by atoms with Gasteiger partial charge >= 0.3 is 0 Å². The number of anilines is 1. The van der Waals surface area contributed by atoms with Crippen molar-refractivity contribution in [2.45, 2.75) is 12.2 Å². The summed E-state index contributed by atoms with van der Waals surface area (Å²) in [4.78, 5) is 0. The number of hydrogen-bond donors (Lipinski definition) is 2. The molecule has 1 aromatic rings.